The number of hydrogen-bond donors (Lipinski definition) is 2. The van der Waals surface area contributed by atoms with Crippen molar-refractivity contribution in [3.05, 3.63) is 47.1 Å². The van der Waals surface area contributed by atoms with Gasteiger partial charge >= 0.3 is 6.01 Å². The van der Waals surface area contributed by atoms with Gasteiger partial charge in [0.25, 0.3) is 5.91 Å². The third-order valence-electron chi connectivity index (χ3n) is 4.70. The zero-order chi connectivity index (χ0) is 21.1. The highest BCUT2D eigenvalue weighted by Gasteiger charge is 2.18. The third kappa shape index (κ3) is 4.38. The van der Waals surface area contributed by atoms with E-state index >= 15 is 0 Å². The van der Waals surface area contributed by atoms with Crippen LogP contribution in [-0.2, 0) is 4.74 Å². The summed E-state index contributed by atoms with van der Waals surface area (Å²) in [6.45, 7) is 8.35. The van der Waals surface area contributed by atoms with E-state index in [0.717, 1.165) is 16.8 Å². The summed E-state index contributed by atoms with van der Waals surface area (Å²) in [5.74, 6) is 1.13. The summed E-state index contributed by atoms with van der Waals surface area (Å²) in [5, 5.41) is 5.78. The highest BCUT2D eigenvalue weighted by Crippen LogP contribution is 2.22. The molecule has 0 bridgehead atoms. The predicted molar refractivity (Wildman–Crippen MR) is 111 cm³/mol. The SMILES string of the molecule is Cc1nc(Nc2ncc(C(=O)Nc3c(C)cccc3C)o2)nc(N2CCOCC2)n1. The number of aryl methyl sites for hydroxylation is 3. The van der Waals surface area contributed by atoms with Gasteiger partial charge in [0, 0.05) is 18.8 Å². The molecule has 0 radical (unpaired) electrons. The Morgan fingerprint density at radius 1 is 1.07 bits per heavy atom. The Morgan fingerprint density at radius 2 is 1.80 bits per heavy atom. The smallest absolute Gasteiger partial charge is 0.302 e. The van der Waals surface area contributed by atoms with Crippen LogP contribution in [0.3, 0.4) is 0 Å². The van der Waals surface area contributed by atoms with Gasteiger partial charge in [-0.2, -0.15) is 15.0 Å². The van der Waals surface area contributed by atoms with E-state index in [-0.39, 0.29) is 17.7 Å². The van der Waals surface area contributed by atoms with E-state index in [2.05, 4.69) is 30.6 Å². The van der Waals surface area contributed by atoms with E-state index in [1.807, 2.05) is 36.9 Å². The minimum absolute atomic E-state index is 0.0827. The summed E-state index contributed by atoms with van der Waals surface area (Å²) in [5.41, 5.74) is 2.70. The first-order valence-corrected chi connectivity index (χ1v) is 9.65. The lowest BCUT2D eigenvalue weighted by molar-refractivity contribution is 0.0997. The number of carbonyl (C=O) groups excluding carboxylic acids is 1. The molecular formula is C20H23N7O3. The molecule has 0 atom stereocenters. The number of nitrogens with zero attached hydrogens (tertiary/aromatic N) is 5. The van der Waals surface area contributed by atoms with Crippen LogP contribution in [0, 0.1) is 20.8 Å². The molecule has 0 spiro atoms. The topological polar surface area (TPSA) is 118 Å². The summed E-state index contributed by atoms with van der Waals surface area (Å²) in [4.78, 5) is 31.8. The van der Waals surface area contributed by atoms with Crippen molar-refractivity contribution in [3.8, 4) is 0 Å². The lowest BCUT2D eigenvalue weighted by Gasteiger charge is -2.26. The van der Waals surface area contributed by atoms with Crippen LogP contribution >= 0.6 is 0 Å². The lowest BCUT2D eigenvalue weighted by Crippen LogP contribution is -2.37. The van der Waals surface area contributed by atoms with Gasteiger partial charge in [0.2, 0.25) is 17.7 Å². The highest BCUT2D eigenvalue weighted by molar-refractivity contribution is 6.03. The maximum atomic E-state index is 12.6. The molecule has 0 aliphatic carbocycles. The number of rotatable bonds is 5. The number of oxazole rings is 1. The highest BCUT2D eigenvalue weighted by atomic mass is 16.5. The molecule has 3 heterocycles. The van der Waals surface area contributed by atoms with Crippen LogP contribution in [0.25, 0.3) is 0 Å². The fourth-order valence-electron chi connectivity index (χ4n) is 3.15. The number of morpholine rings is 1. The van der Waals surface area contributed by atoms with Crippen molar-refractivity contribution in [1.82, 2.24) is 19.9 Å². The molecule has 10 nitrogen and oxygen atoms in total. The van der Waals surface area contributed by atoms with E-state index in [9.17, 15) is 4.79 Å². The van der Waals surface area contributed by atoms with Crippen LogP contribution in [0.15, 0.2) is 28.8 Å². The van der Waals surface area contributed by atoms with E-state index in [1.165, 1.54) is 6.20 Å². The molecule has 1 saturated heterocycles. The second-order valence-corrected chi connectivity index (χ2v) is 6.98. The first-order chi connectivity index (χ1) is 14.5. The summed E-state index contributed by atoms with van der Waals surface area (Å²) >= 11 is 0. The maximum Gasteiger partial charge on any atom is 0.302 e. The number of para-hydroxylation sites is 1. The molecule has 3 aromatic rings. The minimum atomic E-state index is -0.381. The molecule has 30 heavy (non-hydrogen) atoms. The average Bonchev–Trinajstić information content (AvgIpc) is 3.19. The summed E-state index contributed by atoms with van der Waals surface area (Å²) in [7, 11) is 0. The van der Waals surface area contributed by atoms with Crippen molar-refractivity contribution in [3.63, 3.8) is 0 Å². The van der Waals surface area contributed by atoms with Gasteiger partial charge in [-0.1, -0.05) is 18.2 Å². The van der Waals surface area contributed by atoms with Gasteiger partial charge in [-0.3, -0.25) is 10.1 Å². The third-order valence-corrected chi connectivity index (χ3v) is 4.70. The van der Waals surface area contributed by atoms with Crippen molar-refractivity contribution in [2.45, 2.75) is 20.8 Å². The fourth-order valence-corrected chi connectivity index (χ4v) is 3.15. The van der Waals surface area contributed by atoms with Crippen molar-refractivity contribution >= 4 is 29.5 Å². The number of amides is 1. The Morgan fingerprint density at radius 3 is 2.53 bits per heavy atom. The van der Waals surface area contributed by atoms with Gasteiger partial charge in [0.15, 0.2) is 0 Å². The summed E-state index contributed by atoms with van der Waals surface area (Å²) in [6.07, 6.45) is 1.36. The van der Waals surface area contributed by atoms with E-state index in [4.69, 9.17) is 9.15 Å². The average molecular weight is 409 g/mol. The normalized spacial score (nSPS) is 13.9. The first-order valence-electron chi connectivity index (χ1n) is 9.65. The molecule has 1 amide bonds. The van der Waals surface area contributed by atoms with Gasteiger partial charge in [0.1, 0.15) is 5.82 Å². The number of nitrogens with one attached hydrogen (secondary N) is 2. The number of hydrogen-bond acceptors (Lipinski definition) is 9. The lowest BCUT2D eigenvalue weighted by atomic mass is 10.1. The summed E-state index contributed by atoms with van der Waals surface area (Å²) < 4.78 is 10.9. The molecule has 2 aromatic heterocycles. The van der Waals surface area contributed by atoms with Gasteiger partial charge < -0.3 is 19.4 Å². The van der Waals surface area contributed by atoms with Crippen LogP contribution < -0.4 is 15.5 Å². The standard InChI is InChI=1S/C20H23N7O3/c1-12-5-4-6-13(2)16(12)24-17(28)15-11-21-20(30-15)26-18-22-14(3)23-19(25-18)27-7-9-29-10-8-27/h4-6,11H,7-10H2,1-3H3,(H,24,28)(H,21,22,23,25,26). The Kier molecular flexibility index (Phi) is 5.57. The number of ether oxygens (including phenoxy) is 1. The van der Waals surface area contributed by atoms with Crippen molar-refractivity contribution in [2.75, 3.05) is 41.8 Å². The number of carbonyl (C=O) groups is 1. The van der Waals surface area contributed by atoms with Crippen LogP contribution in [0.1, 0.15) is 27.5 Å². The Bertz CT molecular complexity index is 1040. The molecule has 2 N–H and O–H groups in total. The van der Waals surface area contributed by atoms with E-state index < -0.39 is 0 Å². The molecule has 4 rings (SSSR count). The van der Waals surface area contributed by atoms with Gasteiger partial charge in [-0.05, 0) is 31.9 Å². The van der Waals surface area contributed by atoms with Crippen LogP contribution in [0.2, 0.25) is 0 Å². The molecule has 1 aliphatic rings. The molecular weight excluding hydrogens is 386 g/mol. The Hall–Kier alpha value is -3.53. The van der Waals surface area contributed by atoms with Gasteiger partial charge in [0.05, 0.1) is 19.4 Å². The fraction of sp³-hybridized carbons (Fsp3) is 0.350. The number of benzene rings is 1. The van der Waals surface area contributed by atoms with E-state index in [0.29, 0.717) is 44.0 Å². The van der Waals surface area contributed by atoms with Crippen molar-refractivity contribution < 1.29 is 13.9 Å². The molecule has 0 saturated carbocycles. The second-order valence-electron chi connectivity index (χ2n) is 6.98. The van der Waals surface area contributed by atoms with Crippen molar-refractivity contribution in [2.24, 2.45) is 0 Å². The van der Waals surface area contributed by atoms with Crippen LogP contribution in [0.5, 0.6) is 0 Å². The largest absolute Gasteiger partial charge is 0.418 e. The second kappa shape index (κ2) is 8.46. The van der Waals surface area contributed by atoms with Crippen LogP contribution in [0.4, 0.5) is 23.6 Å². The molecule has 156 valence electrons. The quantitative estimate of drug-likeness (QED) is 0.655. The molecule has 1 aliphatic heterocycles. The van der Waals surface area contributed by atoms with Crippen molar-refractivity contribution in [1.29, 1.82) is 0 Å². The Balaban J connectivity index is 1.48. The molecule has 10 heteroatoms. The molecule has 0 unspecified atom stereocenters. The molecule has 1 aromatic carbocycles. The number of aromatic nitrogens is 4. The number of anilines is 4. The molecule has 1 fully saturated rings. The maximum absolute atomic E-state index is 12.6. The predicted octanol–water partition coefficient (Wildman–Crippen LogP) is 2.62. The zero-order valence-electron chi connectivity index (χ0n) is 17.1. The van der Waals surface area contributed by atoms with E-state index in [1.54, 1.807) is 6.92 Å². The minimum Gasteiger partial charge on any atom is -0.418 e. The van der Waals surface area contributed by atoms with Gasteiger partial charge in [-0.25, -0.2) is 4.98 Å². The Labute approximate surface area is 173 Å². The zero-order valence-corrected chi connectivity index (χ0v) is 17.1. The summed E-state index contributed by atoms with van der Waals surface area (Å²) in [6, 6.07) is 5.94. The van der Waals surface area contributed by atoms with Crippen LogP contribution in [-0.4, -0.2) is 52.1 Å². The van der Waals surface area contributed by atoms with Gasteiger partial charge in [-0.15, -0.1) is 0 Å². The first kappa shape index (κ1) is 19.8. The monoisotopic (exact) mass is 409 g/mol.